The van der Waals surface area contributed by atoms with Crippen LogP contribution in [0, 0.1) is 0 Å². The molecule has 0 aliphatic rings. The van der Waals surface area contributed by atoms with Crippen LogP contribution in [0.5, 0.6) is 0 Å². The molecule has 90 valence electrons. The van der Waals surface area contributed by atoms with Crippen LogP contribution in [-0.4, -0.2) is 4.98 Å². The summed E-state index contributed by atoms with van der Waals surface area (Å²) in [6.07, 6.45) is 0. The topological polar surface area (TPSA) is 50.9 Å². The van der Waals surface area contributed by atoms with Gasteiger partial charge in [-0.3, -0.25) is 5.84 Å². The fourth-order valence-electron chi connectivity index (χ4n) is 2.07. The first kappa shape index (κ1) is 11.5. The van der Waals surface area contributed by atoms with Crippen LogP contribution in [-0.2, 0) is 0 Å². The van der Waals surface area contributed by atoms with Gasteiger partial charge in [0.2, 0.25) is 0 Å². The van der Waals surface area contributed by atoms with Crippen LogP contribution in [0.25, 0.3) is 21.8 Å². The molecule has 0 saturated heterocycles. The van der Waals surface area contributed by atoms with E-state index in [0.717, 1.165) is 22.0 Å². The predicted octanol–water partition coefficient (Wildman–Crippen LogP) is 3.98. The number of hydrogen-bond acceptors (Lipinski definition) is 3. The van der Waals surface area contributed by atoms with Crippen molar-refractivity contribution < 1.29 is 0 Å². The van der Waals surface area contributed by atoms with Crippen molar-refractivity contribution in [2.75, 3.05) is 5.43 Å². The Morgan fingerprint density at radius 2 is 1.83 bits per heavy atom. The number of nitrogen functional groups attached to an aromatic ring is 1. The fraction of sp³-hybridized carbons (Fsp3) is 0. The second-order valence-electron chi connectivity index (χ2n) is 3.93. The van der Waals surface area contributed by atoms with Crippen molar-refractivity contribution in [1.82, 2.24) is 4.98 Å². The first-order valence-electron chi connectivity index (χ1n) is 5.35. The summed E-state index contributed by atoms with van der Waals surface area (Å²) in [5, 5.41) is 2.82. The summed E-state index contributed by atoms with van der Waals surface area (Å²) in [6.45, 7) is 0. The molecule has 3 rings (SSSR count). The van der Waals surface area contributed by atoms with E-state index in [1.165, 1.54) is 0 Å². The van der Waals surface area contributed by atoms with Gasteiger partial charge in [0.1, 0.15) is 0 Å². The van der Waals surface area contributed by atoms with Gasteiger partial charge in [0.15, 0.2) is 0 Å². The number of fused-ring (bicyclic) bond motifs is 2. The Kier molecular flexibility index (Phi) is 2.74. The van der Waals surface area contributed by atoms with Crippen LogP contribution >= 0.6 is 23.2 Å². The number of rotatable bonds is 1. The first-order chi connectivity index (χ1) is 8.70. The van der Waals surface area contributed by atoms with Crippen molar-refractivity contribution in [3.63, 3.8) is 0 Å². The zero-order valence-corrected chi connectivity index (χ0v) is 10.8. The van der Waals surface area contributed by atoms with Crippen LogP contribution in [0.3, 0.4) is 0 Å². The van der Waals surface area contributed by atoms with Gasteiger partial charge in [-0.2, -0.15) is 0 Å². The van der Waals surface area contributed by atoms with Gasteiger partial charge in [0, 0.05) is 15.8 Å². The SMILES string of the molecule is NNc1c2ccccc2nc2c(Cl)cc(Cl)cc12. The lowest BCUT2D eigenvalue weighted by atomic mass is 10.1. The number of nitrogens with zero attached hydrogens (tertiary/aromatic N) is 1. The highest BCUT2D eigenvalue weighted by atomic mass is 35.5. The normalized spacial score (nSPS) is 11.1. The molecule has 0 fully saturated rings. The molecular weight excluding hydrogens is 269 g/mol. The summed E-state index contributed by atoms with van der Waals surface area (Å²) in [6, 6.07) is 11.2. The van der Waals surface area contributed by atoms with Crippen molar-refractivity contribution in [1.29, 1.82) is 0 Å². The molecule has 2 aromatic carbocycles. The Hall–Kier alpha value is -1.55. The molecule has 0 atom stereocenters. The molecule has 3 N–H and O–H groups in total. The number of anilines is 1. The molecule has 0 unspecified atom stereocenters. The van der Waals surface area contributed by atoms with Gasteiger partial charge in [-0.05, 0) is 18.2 Å². The van der Waals surface area contributed by atoms with Gasteiger partial charge < -0.3 is 5.43 Å². The molecule has 3 nitrogen and oxygen atoms in total. The Morgan fingerprint density at radius 1 is 1.06 bits per heavy atom. The molecule has 0 radical (unpaired) electrons. The molecule has 0 saturated carbocycles. The molecular formula is C13H9Cl2N3. The molecule has 18 heavy (non-hydrogen) atoms. The van der Waals surface area contributed by atoms with E-state index in [0.29, 0.717) is 15.6 Å². The lowest BCUT2D eigenvalue weighted by molar-refractivity contribution is 1.37. The first-order valence-corrected chi connectivity index (χ1v) is 6.10. The molecule has 0 spiro atoms. The largest absolute Gasteiger partial charge is 0.323 e. The standard InChI is InChI=1S/C13H9Cl2N3/c14-7-5-9-12(18-16)8-3-1-2-4-11(8)17-13(9)10(15)6-7/h1-6H,16H2,(H,17,18). The summed E-state index contributed by atoms with van der Waals surface area (Å²) in [4.78, 5) is 4.54. The molecule has 5 heteroatoms. The molecule has 1 aromatic heterocycles. The molecule has 1 heterocycles. The third-order valence-electron chi connectivity index (χ3n) is 2.85. The van der Waals surface area contributed by atoms with Gasteiger partial charge in [-0.1, -0.05) is 41.4 Å². The van der Waals surface area contributed by atoms with E-state index >= 15 is 0 Å². The van der Waals surface area contributed by atoms with Crippen LogP contribution < -0.4 is 11.3 Å². The van der Waals surface area contributed by atoms with E-state index in [2.05, 4.69) is 10.4 Å². The van der Waals surface area contributed by atoms with E-state index in [4.69, 9.17) is 29.0 Å². The van der Waals surface area contributed by atoms with Crippen molar-refractivity contribution in [2.24, 2.45) is 5.84 Å². The third-order valence-corrected chi connectivity index (χ3v) is 3.35. The molecule has 0 aliphatic heterocycles. The summed E-state index contributed by atoms with van der Waals surface area (Å²) in [5.74, 6) is 5.62. The summed E-state index contributed by atoms with van der Waals surface area (Å²) in [5.41, 5.74) is 5.01. The number of nitrogens with one attached hydrogen (secondary N) is 1. The average molecular weight is 278 g/mol. The van der Waals surface area contributed by atoms with E-state index < -0.39 is 0 Å². The summed E-state index contributed by atoms with van der Waals surface area (Å²) < 4.78 is 0. The van der Waals surface area contributed by atoms with Crippen LogP contribution in [0.15, 0.2) is 36.4 Å². The maximum absolute atomic E-state index is 6.18. The molecule has 0 bridgehead atoms. The monoisotopic (exact) mass is 277 g/mol. The van der Waals surface area contributed by atoms with Crippen LogP contribution in [0.1, 0.15) is 0 Å². The van der Waals surface area contributed by atoms with E-state index in [1.54, 1.807) is 12.1 Å². The Balaban J connectivity index is 2.58. The van der Waals surface area contributed by atoms with E-state index in [9.17, 15) is 0 Å². The number of pyridine rings is 1. The highest BCUT2D eigenvalue weighted by molar-refractivity contribution is 6.39. The maximum atomic E-state index is 6.18. The van der Waals surface area contributed by atoms with Crippen molar-refractivity contribution in [2.45, 2.75) is 0 Å². The number of nitrogens with two attached hydrogens (primary N) is 1. The second-order valence-corrected chi connectivity index (χ2v) is 4.78. The number of hydrazine groups is 1. The van der Waals surface area contributed by atoms with E-state index in [1.807, 2.05) is 24.3 Å². The van der Waals surface area contributed by atoms with Crippen LogP contribution in [0.2, 0.25) is 10.0 Å². The molecule has 0 amide bonds. The van der Waals surface area contributed by atoms with Crippen molar-refractivity contribution in [3.8, 4) is 0 Å². The number of hydrogen-bond donors (Lipinski definition) is 2. The number of para-hydroxylation sites is 1. The minimum Gasteiger partial charge on any atom is -0.323 e. The van der Waals surface area contributed by atoms with Gasteiger partial charge >= 0.3 is 0 Å². The van der Waals surface area contributed by atoms with Crippen molar-refractivity contribution >= 4 is 50.7 Å². The zero-order chi connectivity index (χ0) is 12.7. The quantitative estimate of drug-likeness (QED) is 0.402. The molecule has 0 aliphatic carbocycles. The second kappa shape index (κ2) is 4.28. The smallest absolute Gasteiger partial charge is 0.0918 e. The third kappa shape index (κ3) is 1.68. The van der Waals surface area contributed by atoms with Gasteiger partial charge in [-0.15, -0.1) is 0 Å². The Morgan fingerprint density at radius 3 is 2.61 bits per heavy atom. The van der Waals surface area contributed by atoms with Crippen molar-refractivity contribution in [3.05, 3.63) is 46.4 Å². The minimum atomic E-state index is 0.514. The van der Waals surface area contributed by atoms with Gasteiger partial charge in [-0.25, -0.2) is 4.98 Å². The van der Waals surface area contributed by atoms with Crippen LogP contribution in [0.4, 0.5) is 5.69 Å². The average Bonchev–Trinajstić information content (AvgIpc) is 2.36. The number of benzene rings is 2. The predicted molar refractivity (Wildman–Crippen MR) is 77.1 cm³/mol. The van der Waals surface area contributed by atoms with E-state index in [-0.39, 0.29) is 0 Å². The fourth-order valence-corrected chi connectivity index (χ4v) is 2.61. The maximum Gasteiger partial charge on any atom is 0.0918 e. The summed E-state index contributed by atoms with van der Waals surface area (Å²) in [7, 11) is 0. The highest BCUT2D eigenvalue weighted by Crippen LogP contribution is 2.35. The highest BCUT2D eigenvalue weighted by Gasteiger charge is 2.11. The van der Waals surface area contributed by atoms with Gasteiger partial charge in [0.05, 0.1) is 21.7 Å². The summed E-state index contributed by atoms with van der Waals surface area (Å²) >= 11 is 12.2. The Bertz CT molecular complexity index is 756. The number of halogens is 2. The lowest BCUT2D eigenvalue weighted by Crippen LogP contribution is -2.08. The Labute approximate surface area is 113 Å². The lowest BCUT2D eigenvalue weighted by Gasteiger charge is -2.11. The molecule has 3 aromatic rings. The number of aromatic nitrogens is 1. The zero-order valence-electron chi connectivity index (χ0n) is 9.24. The van der Waals surface area contributed by atoms with Gasteiger partial charge in [0.25, 0.3) is 0 Å². The minimum absolute atomic E-state index is 0.514.